The lowest BCUT2D eigenvalue weighted by molar-refractivity contribution is -0.182. The molecule has 2 nitrogen and oxygen atoms in total. The van der Waals surface area contributed by atoms with Crippen LogP contribution in [0.1, 0.15) is 214 Å². The molecular formula is C36H72O2. The first-order valence-electron chi connectivity index (χ1n) is 18.0. The van der Waals surface area contributed by atoms with Crippen LogP contribution in [0.15, 0.2) is 0 Å². The molecule has 1 aliphatic rings. The van der Waals surface area contributed by atoms with Gasteiger partial charge >= 0.3 is 0 Å². The number of ether oxygens (including phenoxy) is 2. The molecule has 2 heteroatoms. The fraction of sp³-hybridized carbons (Fsp3) is 1.00. The normalized spacial score (nSPS) is 21.5. The highest BCUT2D eigenvalue weighted by atomic mass is 16.8. The zero-order valence-electron chi connectivity index (χ0n) is 27.0. The second-order valence-corrected chi connectivity index (χ2v) is 12.8. The van der Waals surface area contributed by atoms with Crippen LogP contribution >= 0.6 is 0 Å². The van der Waals surface area contributed by atoms with Gasteiger partial charge in [-0.25, -0.2) is 0 Å². The lowest BCUT2D eigenvalue weighted by Gasteiger charge is -2.27. The van der Waals surface area contributed by atoms with Crippen LogP contribution < -0.4 is 0 Å². The Labute approximate surface area is 241 Å². The molecule has 1 rings (SSSR count). The van der Waals surface area contributed by atoms with Crippen LogP contribution in [-0.4, -0.2) is 18.0 Å². The highest BCUT2D eigenvalue weighted by Gasteiger charge is 2.43. The van der Waals surface area contributed by atoms with Crippen molar-refractivity contribution in [3.05, 3.63) is 0 Å². The molecule has 1 saturated heterocycles. The predicted molar refractivity (Wildman–Crippen MR) is 169 cm³/mol. The van der Waals surface area contributed by atoms with Crippen molar-refractivity contribution >= 4 is 0 Å². The van der Waals surface area contributed by atoms with Crippen LogP contribution in [0, 0.1) is 0 Å². The average Bonchev–Trinajstić information content (AvgIpc) is 3.25. The Bertz CT molecular complexity index is 478. The van der Waals surface area contributed by atoms with Crippen LogP contribution in [0.2, 0.25) is 0 Å². The molecule has 0 radical (unpaired) electrons. The third-order valence-electron chi connectivity index (χ3n) is 9.08. The van der Waals surface area contributed by atoms with Crippen molar-refractivity contribution in [2.45, 2.75) is 232 Å². The van der Waals surface area contributed by atoms with Crippen molar-refractivity contribution in [1.82, 2.24) is 0 Å². The Balaban J connectivity index is 1.97. The number of unbranched alkanes of at least 4 members (excludes halogenated alkanes) is 24. The summed E-state index contributed by atoms with van der Waals surface area (Å²) in [5.74, 6) is -0.293. The molecule has 0 saturated carbocycles. The summed E-state index contributed by atoms with van der Waals surface area (Å²) in [5, 5.41) is 0. The summed E-state index contributed by atoms with van der Waals surface area (Å²) < 4.78 is 13.1. The summed E-state index contributed by atoms with van der Waals surface area (Å²) in [6.45, 7) is 9.10. The number of hydrogen-bond acceptors (Lipinski definition) is 2. The van der Waals surface area contributed by atoms with Gasteiger partial charge in [0.15, 0.2) is 5.79 Å². The van der Waals surface area contributed by atoms with E-state index in [4.69, 9.17) is 9.47 Å². The van der Waals surface area contributed by atoms with E-state index in [1.54, 1.807) is 0 Å². The van der Waals surface area contributed by atoms with Gasteiger partial charge in [-0.05, 0) is 26.2 Å². The van der Waals surface area contributed by atoms with Crippen LogP contribution in [-0.2, 0) is 9.47 Å². The smallest absolute Gasteiger partial charge is 0.169 e. The third-order valence-corrected chi connectivity index (χ3v) is 9.08. The summed E-state index contributed by atoms with van der Waals surface area (Å²) >= 11 is 0. The fourth-order valence-corrected chi connectivity index (χ4v) is 6.34. The van der Waals surface area contributed by atoms with Crippen molar-refractivity contribution in [2.75, 3.05) is 0 Å². The molecule has 0 N–H and O–H groups in total. The maximum absolute atomic E-state index is 6.60. The summed E-state index contributed by atoms with van der Waals surface area (Å²) in [4.78, 5) is 0. The van der Waals surface area contributed by atoms with Crippen molar-refractivity contribution in [3.63, 3.8) is 0 Å². The van der Waals surface area contributed by atoms with Gasteiger partial charge in [-0.1, -0.05) is 181 Å². The van der Waals surface area contributed by atoms with E-state index in [-0.39, 0.29) is 11.9 Å². The van der Waals surface area contributed by atoms with E-state index in [0.717, 1.165) is 12.8 Å². The Hall–Kier alpha value is -0.0800. The molecular weight excluding hydrogens is 464 g/mol. The first-order chi connectivity index (χ1) is 18.7. The maximum atomic E-state index is 6.60. The molecule has 0 aromatic carbocycles. The summed E-state index contributed by atoms with van der Waals surface area (Å²) in [5.41, 5.74) is 0. The van der Waals surface area contributed by atoms with Crippen molar-refractivity contribution < 1.29 is 9.47 Å². The largest absolute Gasteiger partial charge is 0.344 e. The first kappa shape index (κ1) is 35.9. The third kappa shape index (κ3) is 19.1. The molecule has 1 aliphatic heterocycles. The molecule has 228 valence electrons. The van der Waals surface area contributed by atoms with Crippen LogP contribution in [0.5, 0.6) is 0 Å². The number of hydrogen-bond donors (Lipinski definition) is 0. The van der Waals surface area contributed by atoms with Crippen molar-refractivity contribution in [2.24, 2.45) is 0 Å². The lowest BCUT2D eigenvalue weighted by atomic mass is 10.0. The topological polar surface area (TPSA) is 18.5 Å². The number of rotatable bonds is 29. The summed E-state index contributed by atoms with van der Waals surface area (Å²) in [6, 6.07) is 0. The maximum Gasteiger partial charge on any atom is 0.169 e. The molecule has 0 amide bonds. The van der Waals surface area contributed by atoms with Gasteiger partial charge in [-0.2, -0.15) is 0 Å². The molecule has 3 atom stereocenters. The Morgan fingerprint density at radius 1 is 0.421 bits per heavy atom. The quantitative estimate of drug-likeness (QED) is 0.0885. The van der Waals surface area contributed by atoms with Gasteiger partial charge in [0, 0.05) is 6.42 Å². The van der Waals surface area contributed by atoms with Gasteiger partial charge in [-0.15, -0.1) is 0 Å². The van der Waals surface area contributed by atoms with Gasteiger partial charge < -0.3 is 9.47 Å². The highest BCUT2D eigenvalue weighted by molar-refractivity contribution is 4.83. The molecule has 0 spiro atoms. The second-order valence-electron chi connectivity index (χ2n) is 12.8. The summed E-state index contributed by atoms with van der Waals surface area (Å²) in [6.07, 6.45) is 40.6. The molecule has 0 bridgehead atoms. The Morgan fingerprint density at radius 2 is 0.763 bits per heavy atom. The SMILES string of the molecule is CCCCCCCCCCCCCCC[C@@H]1O[C@@](CC)(CCCCCCCCCCCCCCC)O[C@H]1C. The molecule has 0 aromatic rings. The van der Waals surface area contributed by atoms with Crippen LogP contribution in [0.25, 0.3) is 0 Å². The van der Waals surface area contributed by atoms with E-state index in [1.807, 2.05) is 0 Å². The van der Waals surface area contributed by atoms with Crippen molar-refractivity contribution in [1.29, 1.82) is 0 Å². The standard InChI is InChI=1S/C36H72O2/c1-5-8-10-12-14-16-18-20-22-24-26-28-30-32-35-34(4)37-36(7-3,38-35)33-31-29-27-25-23-21-19-17-15-13-11-9-6-2/h34-35H,5-33H2,1-4H3/t34-,35-,36-/m0/s1. The molecule has 0 unspecified atom stereocenters. The molecule has 0 aliphatic carbocycles. The van der Waals surface area contributed by atoms with Gasteiger partial charge in [0.05, 0.1) is 12.2 Å². The van der Waals surface area contributed by atoms with E-state index in [9.17, 15) is 0 Å². The predicted octanol–water partition coefficient (Wildman–Crippen LogP) is 12.9. The second kappa shape index (κ2) is 25.9. The zero-order valence-corrected chi connectivity index (χ0v) is 27.0. The molecule has 1 heterocycles. The van der Waals surface area contributed by atoms with Crippen LogP contribution in [0.4, 0.5) is 0 Å². The van der Waals surface area contributed by atoms with E-state index < -0.39 is 0 Å². The van der Waals surface area contributed by atoms with Gasteiger partial charge in [0.1, 0.15) is 0 Å². The van der Waals surface area contributed by atoms with E-state index in [0.29, 0.717) is 6.10 Å². The first-order valence-corrected chi connectivity index (χ1v) is 18.0. The molecule has 38 heavy (non-hydrogen) atoms. The minimum absolute atomic E-state index is 0.259. The fourth-order valence-electron chi connectivity index (χ4n) is 6.34. The van der Waals surface area contributed by atoms with E-state index in [1.165, 1.54) is 173 Å². The monoisotopic (exact) mass is 537 g/mol. The minimum Gasteiger partial charge on any atom is -0.344 e. The average molecular weight is 537 g/mol. The summed E-state index contributed by atoms with van der Waals surface area (Å²) in [7, 11) is 0. The lowest BCUT2D eigenvalue weighted by Crippen LogP contribution is -2.30. The zero-order chi connectivity index (χ0) is 27.6. The van der Waals surface area contributed by atoms with E-state index in [2.05, 4.69) is 27.7 Å². The minimum atomic E-state index is -0.293. The highest BCUT2D eigenvalue weighted by Crippen LogP contribution is 2.37. The Kier molecular flexibility index (Phi) is 24.5. The van der Waals surface area contributed by atoms with Gasteiger partial charge in [0.25, 0.3) is 0 Å². The Morgan fingerprint density at radius 3 is 1.13 bits per heavy atom. The van der Waals surface area contributed by atoms with Crippen molar-refractivity contribution in [3.8, 4) is 0 Å². The molecule has 0 aromatic heterocycles. The van der Waals surface area contributed by atoms with Crippen LogP contribution in [0.3, 0.4) is 0 Å². The van der Waals surface area contributed by atoms with E-state index >= 15 is 0 Å². The molecule has 1 fully saturated rings. The van der Waals surface area contributed by atoms with Gasteiger partial charge in [-0.3, -0.25) is 0 Å². The van der Waals surface area contributed by atoms with Gasteiger partial charge in [0.2, 0.25) is 0 Å².